The van der Waals surface area contributed by atoms with E-state index in [-0.39, 0.29) is 40.9 Å². The third-order valence-corrected chi connectivity index (χ3v) is 2.29. The van der Waals surface area contributed by atoms with Crippen molar-refractivity contribution in [1.82, 2.24) is 9.97 Å². The summed E-state index contributed by atoms with van der Waals surface area (Å²) in [5, 5.41) is 10.8. The summed E-state index contributed by atoms with van der Waals surface area (Å²) >= 11 is 0. The van der Waals surface area contributed by atoms with Gasteiger partial charge in [-0.2, -0.15) is 0 Å². The van der Waals surface area contributed by atoms with Gasteiger partial charge in [0.05, 0.1) is 5.97 Å². The van der Waals surface area contributed by atoms with Crippen LogP contribution in [0.5, 0.6) is 5.75 Å². The van der Waals surface area contributed by atoms with E-state index in [2.05, 4.69) is 4.98 Å². The summed E-state index contributed by atoms with van der Waals surface area (Å²) in [5.41, 5.74) is -2.38. The first-order chi connectivity index (χ1) is 9.47. The number of hydrogen-bond donors (Lipinski definition) is 2. The standard InChI is InChI=1S/C12H8N2O6.Na/c15-9-5-7(13-12(19)14-9)11(18)20-8-4-2-1-3-6(8)10(16)17;/h1-5H,(H,16,17)(H2,13,14,15,19);/q;+1/p-1. The second kappa shape index (κ2) is 7.02. The first-order valence-corrected chi connectivity index (χ1v) is 5.33. The minimum atomic E-state index is -1.52. The summed E-state index contributed by atoms with van der Waals surface area (Å²) in [5.74, 6) is -2.84. The molecule has 0 unspecified atom stereocenters. The number of para-hydroxylation sites is 1. The molecule has 1 aromatic carbocycles. The van der Waals surface area contributed by atoms with Crippen molar-refractivity contribution < 1.29 is 49.0 Å². The molecule has 2 rings (SSSR count). The zero-order valence-corrected chi connectivity index (χ0v) is 12.8. The molecule has 0 amide bonds. The van der Waals surface area contributed by atoms with Crippen molar-refractivity contribution in [2.45, 2.75) is 0 Å². The average Bonchev–Trinajstić information content (AvgIpc) is 2.37. The molecule has 1 heterocycles. The van der Waals surface area contributed by atoms with E-state index in [0.29, 0.717) is 0 Å². The van der Waals surface area contributed by atoms with E-state index in [1.165, 1.54) is 24.3 Å². The van der Waals surface area contributed by atoms with E-state index < -0.39 is 28.9 Å². The number of rotatable bonds is 3. The summed E-state index contributed by atoms with van der Waals surface area (Å²) in [4.78, 5) is 48.6. The number of carboxylic acid groups (broad SMARTS) is 1. The van der Waals surface area contributed by atoms with Gasteiger partial charge >= 0.3 is 41.2 Å². The minimum absolute atomic E-state index is 0. The molecule has 8 nitrogen and oxygen atoms in total. The summed E-state index contributed by atoms with van der Waals surface area (Å²) in [6.07, 6.45) is 0. The molecule has 0 atom stereocenters. The Balaban J connectivity index is 0.00000220. The molecule has 2 aromatic rings. The fourth-order valence-electron chi connectivity index (χ4n) is 1.46. The third kappa shape index (κ3) is 4.15. The van der Waals surface area contributed by atoms with Crippen LogP contribution < -0.4 is 50.6 Å². The molecule has 0 radical (unpaired) electrons. The van der Waals surface area contributed by atoms with Crippen molar-refractivity contribution in [3.63, 3.8) is 0 Å². The van der Waals surface area contributed by atoms with Crippen LogP contribution in [-0.2, 0) is 0 Å². The molecule has 0 aliphatic rings. The van der Waals surface area contributed by atoms with Gasteiger partial charge in [-0.05, 0) is 12.1 Å². The number of hydrogen-bond acceptors (Lipinski definition) is 6. The van der Waals surface area contributed by atoms with Crippen LogP contribution in [0.3, 0.4) is 0 Å². The van der Waals surface area contributed by atoms with E-state index >= 15 is 0 Å². The van der Waals surface area contributed by atoms with Gasteiger partial charge in [0.15, 0.2) is 0 Å². The summed E-state index contributed by atoms with van der Waals surface area (Å²) < 4.78 is 4.82. The number of aromatic amines is 2. The molecule has 0 saturated heterocycles. The van der Waals surface area contributed by atoms with Crippen molar-refractivity contribution in [3.8, 4) is 5.75 Å². The predicted molar refractivity (Wildman–Crippen MR) is 63.4 cm³/mol. The van der Waals surface area contributed by atoms with E-state index in [1.807, 2.05) is 4.98 Å². The number of benzene rings is 1. The average molecular weight is 298 g/mol. The van der Waals surface area contributed by atoms with E-state index in [9.17, 15) is 24.3 Å². The van der Waals surface area contributed by atoms with Crippen LogP contribution in [0.4, 0.5) is 0 Å². The van der Waals surface area contributed by atoms with Crippen molar-refractivity contribution in [2.24, 2.45) is 0 Å². The third-order valence-electron chi connectivity index (χ3n) is 2.29. The molecule has 0 spiro atoms. The maximum atomic E-state index is 11.7. The number of carboxylic acids is 1. The monoisotopic (exact) mass is 298 g/mol. The Bertz CT molecular complexity index is 766. The Kier molecular flexibility index (Phi) is 5.65. The van der Waals surface area contributed by atoms with E-state index in [0.717, 1.165) is 6.07 Å². The van der Waals surface area contributed by atoms with Crippen LogP contribution in [0.1, 0.15) is 20.8 Å². The van der Waals surface area contributed by atoms with Crippen LogP contribution in [-0.4, -0.2) is 21.9 Å². The Morgan fingerprint density at radius 1 is 1.10 bits per heavy atom. The van der Waals surface area contributed by atoms with Crippen molar-refractivity contribution in [3.05, 3.63) is 62.4 Å². The zero-order chi connectivity index (χ0) is 14.7. The fourth-order valence-corrected chi connectivity index (χ4v) is 1.46. The Morgan fingerprint density at radius 2 is 1.76 bits per heavy atom. The second-order valence-electron chi connectivity index (χ2n) is 3.67. The minimum Gasteiger partial charge on any atom is -0.545 e. The molecule has 0 saturated carbocycles. The largest absolute Gasteiger partial charge is 1.00 e. The molecule has 0 aliphatic heterocycles. The van der Waals surface area contributed by atoms with Gasteiger partial charge in [0.25, 0.3) is 5.56 Å². The van der Waals surface area contributed by atoms with Gasteiger partial charge in [0.1, 0.15) is 11.4 Å². The SMILES string of the molecule is O=C(Oc1ccccc1C(=O)[O-])c1cc(=O)[nH]c(=O)[nH]1.[Na+]. The number of carbonyl (C=O) groups excluding carboxylic acids is 2. The van der Waals surface area contributed by atoms with Gasteiger partial charge in [0, 0.05) is 11.6 Å². The second-order valence-corrected chi connectivity index (χ2v) is 3.67. The molecular weight excluding hydrogens is 291 g/mol. The van der Waals surface area contributed by atoms with Crippen molar-refractivity contribution in [2.75, 3.05) is 0 Å². The number of esters is 1. The molecule has 9 heteroatoms. The number of aromatic carboxylic acids is 1. The van der Waals surface area contributed by atoms with Crippen LogP contribution >= 0.6 is 0 Å². The number of carbonyl (C=O) groups is 2. The molecule has 0 bridgehead atoms. The van der Waals surface area contributed by atoms with E-state index in [1.54, 1.807) is 0 Å². The Labute approximate surface area is 139 Å². The molecule has 102 valence electrons. The van der Waals surface area contributed by atoms with Gasteiger partial charge in [-0.15, -0.1) is 0 Å². The number of ether oxygens (including phenoxy) is 1. The number of aromatic nitrogens is 2. The number of nitrogens with one attached hydrogen (secondary N) is 2. The summed E-state index contributed by atoms with van der Waals surface area (Å²) in [6.45, 7) is 0. The van der Waals surface area contributed by atoms with Crippen LogP contribution in [0.15, 0.2) is 39.9 Å². The van der Waals surface area contributed by atoms with Crippen molar-refractivity contribution >= 4 is 11.9 Å². The quantitative estimate of drug-likeness (QED) is 0.334. The van der Waals surface area contributed by atoms with E-state index in [4.69, 9.17) is 4.74 Å². The maximum absolute atomic E-state index is 11.7. The van der Waals surface area contributed by atoms with Crippen LogP contribution in [0.2, 0.25) is 0 Å². The normalized spacial score (nSPS) is 9.52. The van der Waals surface area contributed by atoms with Crippen molar-refractivity contribution in [1.29, 1.82) is 0 Å². The summed E-state index contributed by atoms with van der Waals surface area (Å²) in [7, 11) is 0. The van der Waals surface area contributed by atoms with Gasteiger partial charge in [-0.1, -0.05) is 12.1 Å². The molecule has 21 heavy (non-hydrogen) atoms. The van der Waals surface area contributed by atoms with Gasteiger partial charge < -0.3 is 19.6 Å². The number of H-pyrrole nitrogens is 2. The smallest absolute Gasteiger partial charge is 0.545 e. The fraction of sp³-hybridized carbons (Fsp3) is 0. The van der Waals surface area contributed by atoms with Crippen LogP contribution in [0.25, 0.3) is 0 Å². The van der Waals surface area contributed by atoms with Crippen LogP contribution in [0, 0.1) is 0 Å². The first kappa shape index (κ1) is 16.9. The molecule has 0 aliphatic carbocycles. The predicted octanol–water partition coefficient (Wildman–Crippen LogP) is -4.35. The molecule has 1 aromatic heterocycles. The molecule has 0 fully saturated rings. The van der Waals surface area contributed by atoms with Gasteiger partial charge in [-0.25, -0.2) is 9.59 Å². The Hall–Kier alpha value is -2.16. The van der Waals surface area contributed by atoms with Gasteiger partial charge in [-0.3, -0.25) is 9.78 Å². The van der Waals surface area contributed by atoms with Gasteiger partial charge in [0.2, 0.25) is 0 Å². The summed E-state index contributed by atoms with van der Waals surface area (Å²) in [6, 6.07) is 6.14. The molecular formula is C12H7N2NaO6. The Morgan fingerprint density at radius 3 is 2.38 bits per heavy atom. The molecule has 2 N–H and O–H groups in total. The topological polar surface area (TPSA) is 132 Å². The zero-order valence-electron chi connectivity index (χ0n) is 10.8. The first-order valence-electron chi connectivity index (χ1n) is 5.33. The maximum Gasteiger partial charge on any atom is 1.00 e.